The Morgan fingerprint density at radius 2 is 1.86 bits per heavy atom. The maximum atomic E-state index is 11.6. The summed E-state index contributed by atoms with van der Waals surface area (Å²) >= 11 is 0. The topological polar surface area (TPSA) is 32.3 Å². The first kappa shape index (κ1) is 13.3. The molecule has 0 fully saturated rings. The van der Waals surface area contributed by atoms with Crippen molar-refractivity contribution in [3.05, 3.63) is 0 Å². The third kappa shape index (κ3) is 5.10. The maximum Gasteiger partial charge on any atom is 0.317 e. The van der Waals surface area contributed by atoms with Crippen molar-refractivity contribution in [2.75, 3.05) is 13.1 Å². The van der Waals surface area contributed by atoms with Crippen LogP contribution in [-0.4, -0.2) is 30.1 Å². The van der Waals surface area contributed by atoms with Gasteiger partial charge in [0.05, 0.1) is 0 Å². The first-order valence-electron chi connectivity index (χ1n) is 5.71. The summed E-state index contributed by atoms with van der Waals surface area (Å²) in [5.74, 6) is 0. The van der Waals surface area contributed by atoms with Gasteiger partial charge in [0.15, 0.2) is 0 Å². The van der Waals surface area contributed by atoms with Gasteiger partial charge < -0.3 is 10.2 Å². The van der Waals surface area contributed by atoms with Crippen molar-refractivity contribution in [1.29, 1.82) is 0 Å². The van der Waals surface area contributed by atoms with E-state index in [0.717, 1.165) is 19.5 Å². The number of urea groups is 1. The first-order valence-corrected chi connectivity index (χ1v) is 5.71. The van der Waals surface area contributed by atoms with Crippen molar-refractivity contribution in [3.8, 4) is 0 Å². The summed E-state index contributed by atoms with van der Waals surface area (Å²) in [5, 5.41) is 3.00. The molecular weight excluding hydrogens is 176 g/mol. The Kier molecular flexibility index (Phi) is 7.25. The quantitative estimate of drug-likeness (QED) is 0.702. The van der Waals surface area contributed by atoms with Gasteiger partial charge in [0.1, 0.15) is 0 Å². The van der Waals surface area contributed by atoms with Crippen molar-refractivity contribution in [2.45, 2.75) is 53.0 Å². The Morgan fingerprint density at radius 1 is 1.29 bits per heavy atom. The molecular formula is C11H24N2O. The first-order chi connectivity index (χ1) is 6.65. The van der Waals surface area contributed by atoms with E-state index in [1.165, 1.54) is 12.8 Å². The molecule has 0 spiro atoms. The summed E-state index contributed by atoms with van der Waals surface area (Å²) in [5.41, 5.74) is 0. The lowest BCUT2D eigenvalue weighted by molar-refractivity contribution is 0.199. The maximum absolute atomic E-state index is 11.6. The van der Waals surface area contributed by atoms with Gasteiger partial charge >= 0.3 is 6.03 Å². The van der Waals surface area contributed by atoms with E-state index in [2.05, 4.69) is 19.2 Å². The molecule has 84 valence electrons. The molecule has 0 aliphatic carbocycles. The number of hydrogen-bond donors (Lipinski definition) is 1. The molecule has 14 heavy (non-hydrogen) atoms. The largest absolute Gasteiger partial charge is 0.336 e. The van der Waals surface area contributed by atoms with Gasteiger partial charge in [-0.15, -0.1) is 0 Å². The second-order valence-corrected chi connectivity index (χ2v) is 3.67. The number of rotatable bonds is 6. The van der Waals surface area contributed by atoms with Gasteiger partial charge in [-0.05, 0) is 27.2 Å². The van der Waals surface area contributed by atoms with Crippen LogP contribution in [0, 0.1) is 0 Å². The number of carbonyl (C=O) groups is 1. The minimum absolute atomic E-state index is 0.0682. The van der Waals surface area contributed by atoms with E-state index >= 15 is 0 Å². The Balaban J connectivity index is 3.79. The third-order valence-corrected chi connectivity index (χ3v) is 2.41. The Bertz CT molecular complexity index is 155. The summed E-state index contributed by atoms with van der Waals surface area (Å²) < 4.78 is 0. The number of hydrogen-bond acceptors (Lipinski definition) is 1. The van der Waals surface area contributed by atoms with Crippen molar-refractivity contribution in [1.82, 2.24) is 10.2 Å². The van der Waals surface area contributed by atoms with Crippen LogP contribution >= 0.6 is 0 Å². The highest BCUT2D eigenvalue weighted by molar-refractivity contribution is 5.74. The van der Waals surface area contributed by atoms with E-state index in [0.29, 0.717) is 6.04 Å². The molecule has 0 aromatic heterocycles. The van der Waals surface area contributed by atoms with Crippen LogP contribution in [0.4, 0.5) is 4.79 Å². The van der Waals surface area contributed by atoms with Crippen LogP contribution in [0.25, 0.3) is 0 Å². The van der Waals surface area contributed by atoms with E-state index in [9.17, 15) is 4.79 Å². The zero-order chi connectivity index (χ0) is 11.0. The van der Waals surface area contributed by atoms with Crippen LogP contribution in [0.2, 0.25) is 0 Å². The average Bonchev–Trinajstić information content (AvgIpc) is 2.16. The summed E-state index contributed by atoms with van der Waals surface area (Å²) in [7, 11) is 0. The molecule has 0 aliphatic rings. The normalized spacial score (nSPS) is 12.3. The smallest absolute Gasteiger partial charge is 0.317 e. The molecule has 0 saturated heterocycles. The van der Waals surface area contributed by atoms with Gasteiger partial charge in [0, 0.05) is 19.1 Å². The number of nitrogens with one attached hydrogen (secondary N) is 1. The molecule has 1 unspecified atom stereocenters. The number of amides is 2. The van der Waals surface area contributed by atoms with E-state index in [4.69, 9.17) is 0 Å². The zero-order valence-electron chi connectivity index (χ0n) is 9.97. The van der Waals surface area contributed by atoms with Crippen molar-refractivity contribution < 1.29 is 4.79 Å². The predicted molar refractivity (Wildman–Crippen MR) is 60.4 cm³/mol. The number of nitrogens with zero attached hydrogens (tertiary/aromatic N) is 1. The van der Waals surface area contributed by atoms with Gasteiger partial charge in [-0.25, -0.2) is 4.79 Å². The van der Waals surface area contributed by atoms with Gasteiger partial charge in [0.2, 0.25) is 0 Å². The van der Waals surface area contributed by atoms with Gasteiger partial charge in [-0.1, -0.05) is 19.8 Å². The molecule has 0 rings (SSSR count). The number of unbranched alkanes of at least 4 members (excludes halogenated alkanes) is 1. The van der Waals surface area contributed by atoms with Crippen LogP contribution in [0.1, 0.15) is 47.0 Å². The average molecular weight is 200 g/mol. The summed E-state index contributed by atoms with van der Waals surface area (Å²) in [4.78, 5) is 13.4. The lowest BCUT2D eigenvalue weighted by atomic mass is 10.1. The van der Waals surface area contributed by atoms with E-state index in [1.807, 2.05) is 18.7 Å². The lowest BCUT2D eigenvalue weighted by Gasteiger charge is -2.22. The van der Waals surface area contributed by atoms with Crippen LogP contribution in [0.15, 0.2) is 0 Å². The molecule has 0 aromatic carbocycles. The molecule has 0 saturated carbocycles. The number of carbonyl (C=O) groups excluding carboxylic acids is 1. The third-order valence-electron chi connectivity index (χ3n) is 2.41. The van der Waals surface area contributed by atoms with Crippen LogP contribution in [-0.2, 0) is 0 Å². The van der Waals surface area contributed by atoms with E-state index in [-0.39, 0.29) is 6.03 Å². The molecule has 0 aromatic rings. The molecule has 3 nitrogen and oxygen atoms in total. The zero-order valence-corrected chi connectivity index (χ0v) is 9.97. The van der Waals surface area contributed by atoms with Gasteiger partial charge in [-0.3, -0.25) is 0 Å². The molecule has 0 radical (unpaired) electrons. The molecule has 0 bridgehead atoms. The second-order valence-electron chi connectivity index (χ2n) is 3.67. The molecule has 2 amide bonds. The standard InChI is InChI=1S/C11H24N2O/c1-5-8-9-10(4)12-11(14)13(6-2)7-3/h10H,5-9H2,1-4H3,(H,12,14). The minimum Gasteiger partial charge on any atom is -0.336 e. The summed E-state index contributed by atoms with van der Waals surface area (Å²) in [6.45, 7) is 9.79. The van der Waals surface area contributed by atoms with Crippen molar-refractivity contribution >= 4 is 6.03 Å². The fraction of sp³-hybridized carbons (Fsp3) is 0.909. The Morgan fingerprint density at radius 3 is 2.29 bits per heavy atom. The van der Waals surface area contributed by atoms with E-state index < -0.39 is 0 Å². The predicted octanol–water partition coefficient (Wildman–Crippen LogP) is 2.62. The van der Waals surface area contributed by atoms with Crippen molar-refractivity contribution in [2.24, 2.45) is 0 Å². The summed E-state index contributed by atoms with van der Waals surface area (Å²) in [6, 6.07) is 0.363. The molecule has 3 heteroatoms. The van der Waals surface area contributed by atoms with Crippen LogP contribution in [0.5, 0.6) is 0 Å². The lowest BCUT2D eigenvalue weighted by Crippen LogP contribution is -2.43. The highest BCUT2D eigenvalue weighted by atomic mass is 16.2. The fourth-order valence-corrected chi connectivity index (χ4v) is 1.40. The Hall–Kier alpha value is -0.730. The minimum atomic E-state index is 0.0682. The second kappa shape index (κ2) is 7.65. The van der Waals surface area contributed by atoms with Gasteiger partial charge in [0.25, 0.3) is 0 Å². The highest BCUT2D eigenvalue weighted by Crippen LogP contribution is 2.00. The Labute approximate surface area is 87.9 Å². The highest BCUT2D eigenvalue weighted by Gasteiger charge is 2.11. The SMILES string of the molecule is CCCCC(C)NC(=O)N(CC)CC. The van der Waals surface area contributed by atoms with Gasteiger partial charge in [-0.2, -0.15) is 0 Å². The monoisotopic (exact) mass is 200 g/mol. The molecule has 1 N–H and O–H groups in total. The van der Waals surface area contributed by atoms with E-state index in [1.54, 1.807) is 0 Å². The summed E-state index contributed by atoms with van der Waals surface area (Å²) in [6.07, 6.45) is 3.44. The van der Waals surface area contributed by atoms with Crippen molar-refractivity contribution in [3.63, 3.8) is 0 Å². The molecule has 0 aliphatic heterocycles. The fourth-order valence-electron chi connectivity index (χ4n) is 1.40. The van der Waals surface area contributed by atoms with Crippen LogP contribution < -0.4 is 5.32 Å². The molecule has 0 heterocycles. The van der Waals surface area contributed by atoms with Crippen LogP contribution in [0.3, 0.4) is 0 Å². The molecule has 1 atom stereocenters.